The van der Waals surface area contributed by atoms with E-state index in [1.807, 2.05) is 79.0 Å². The van der Waals surface area contributed by atoms with Crippen molar-refractivity contribution in [2.75, 3.05) is 23.3 Å². The first-order chi connectivity index (χ1) is 14.3. The predicted octanol–water partition coefficient (Wildman–Crippen LogP) is 4.66. The molecule has 1 saturated heterocycles. The Bertz CT molecular complexity index is 926. The largest absolute Gasteiger partial charge is 0.457 e. The zero-order valence-electron chi connectivity index (χ0n) is 16.1. The first-order valence-corrected chi connectivity index (χ1v) is 9.83. The summed E-state index contributed by atoms with van der Waals surface area (Å²) in [6.07, 6.45) is 3.59. The molecule has 0 bridgehead atoms. The monoisotopic (exact) mass is 388 g/mol. The van der Waals surface area contributed by atoms with Crippen molar-refractivity contribution in [3.63, 3.8) is 0 Å². The van der Waals surface area contributed by atoms with Crippen molar-refractivity contribution in [2.24, 2.45) is 0 Å². The molecule has 2 heterocycles. The molecule has 6 nitrogen and oxygen atoms in total. The molecule has 0 atom stereocenters. The van der Waals surface area contributed by atoms with Gasteiger partial charge in [-0.1, -0.05) is 30.3 Å². The van der Waals surface area contributed by atoms with Crippen LogP contribution in [0.15, 0.2) is 79.0 Å². The number of hydrogen-bond donors (Lipinski definition) is 2. The van der Waals surface area contributed by atoms with Crippen molar-refractivity contribution in [1.29, 1.82) is 0 Å². The van der Waals surface area contributed by atoms with Gasteiger partial charge in [-0.15, -0.1) is 0 Å². The maximum absolute atomic E-state index is 12.4. The number of anilines is 2. The third-order valence-corrected chi connectivity index (χ3v) is 4.87. The summed E-state index contributed by atoms with van der Waals surface area (Å²) in [7, 11) is 0. The molecule has 1 aliphatic heterocycles. The molecule has 148 valence electrons. The van der Waals surface area contributed by atoms with Crippen LogP contribution in [0.4, 0.5) is 16.3 Å². The fraction of sp³-hybridized carbons (Fsp3) is 0.217. The Hall–Kier alpha value is -3.54. The summed E-state index contributed by atoms with van der Waals surface area (Å²) in [6, 6.07) is 22.8. The predicted molar refractivity (Wildman–Crippen MR) is 115 cm³/mol. The highest BCUT2D eigenvalue weighted by molar-refractivity contribution is 5.89. The molecule has 2 N–H and O–H groups in total. The smallest absolute Gasteiger partial charge is 0.319 e. The molecule has 0 spiro atoms. The van der Waals surface area contributed by atoms with Crippen LogP contribution in [0.1, 0.15) is 12.8 Å². The summed E-state index contributed by atoms with van der Waals surface area (Å²) in [6.45, 7) is 1.75. The Labute approximate surface area is 170 Å². The lowest BCUT2D eigenvalue weighted by Crippen LogP contribution is -2.46. The number of nitrogens with one attached hydrogen (secondary N) is 2. The van der Waals surface area contributed by atoms with Gasteiger partial charge in [-0.05, 0) is 49.2 Å². The highest BCUT2D eigenvalue weighted by Gasteiger charge is 2.21. The number of rotatable bonds is 5. The second-order valence-corrected chi connectivity index (χ2v) is 6.99. The Morgan fingerprint density at radius 2 is 1.69 bits per heavy atom. The summed E-state index contributed by atoms with van der Waals surface area (Å²) < 4.78 is 5.82. The molecule has 1 aliphatic rings. The van der Waals surface area contributed by atoms with Crippen LogP contribution in [0.5, 0.6) is 11.5 Å². The van der Waals surface area contributed by atoms with Crippen molar-refractivity contribution in [3.05, 3.63) is 79.0 Å². The molecule has 0 unspecified atom stereocenters. The first-order valence-electron chi connectivity index (χ1n) is 9.83. The minimum atomic E-state index is -0.196. The molecule has 2 aromatic carbocycles. The molecule has 0 saturated carbocycles. The van der Waals surface area contributed by atoms with Crippen LogP contribution in [0.3, 0.4) is 0 Å². The molecule has 6 heteroatoms. The number of urea groups is 1. The van der Waals surface area contributed by atoms with Crippen LogP contribution in [-0.2, 0) is 0 Å². The minimum Gasteiger partial charge on any atom is -0.457 e. The SMILES string of the molecule is O=C(Nc1cccc(Oc2ccccc2)c1)NC1CCN(c2ccccn2)CC1. The van der Waals surface area contributed by atoms with E-state index in [1.165, 1.54) is 0 Å². The van der Waals surface area contributed by atoms with Gasteiger partial charge in [0.1, 0.15) is 17.3 Å². The van der Waals surface area contributed by atoms with E-state index in [0.717, 1.165) is 37.5 Å². The molecule has 1 aromatic heterocycles. The number of aromatic nitrogens is 1. The van der Waals surface area contributed by atoms with E-state index in [9.17, 15) is 4.79 Å². The van der Waals surface area contributed by atoms with Gasteiger partial charge in [-0.3, -0.25) is 0 Å². The minimum absolute atomic E-state index is 0.152. The number of carbonyl (C=O) groups excluding carboxylic acids is 1. The van der Waals surface area contributed by atoms with E-state index in [1.54, 1.807) is 0 Å². The van der Waals surface area contributed by atoms with Crippen LogP contribution in [-0.4, -0.2) is 30.1 Å². The van der Waals surface area contributed by atoms with Crippen LogP contribution in [0.2, 0.25) is 0 Å². The van der Waals surface area contributed by atoms with E-state index < -0.39 is 0 Å². The molecular formula is C23H24N4O2. The molecular weight excluding hydrogens is 364 g/mol. The van der Waals surface area contributed by atoms with E-state index in [2.05, 4.69) is 20.5 Å². The van der Waals surface area contributed by atoms with Gasteiger partial charge in [0.25, 0.3) is 0 Å². The lowest BCUT2D eigenvalue weighted by Gasteiger charge is -2.33. The lowest BCUT2D eigenvalue weighted by atomic mass is 10.1. The van der Waals surface area contributed by atoms with E-state index >= 15 is 0 Å². The van der Waals surface area contributed by atoms with E-state index in [4.69, 9.17) is 4.74 Å². The van der Waals surface area contributed by atoms with Gasteiger partial charge in [-0.2, -0.15) is 0 Å². The maximum Gasteiger partial charge on any atom is 0.319 e. The number of piperidine rings is 1. The summed E-state index contributed by atoms with van der Waals surface area (Å²) in [5.74, 6) is 2.43. The summed E-state index contributed by atoms with van der Waals surface area (Å²) >= 11 is 0. The Kier molecular flexibility index (Phi) is 5.90. The van der Waals surface area contributed by atoms with Gasteiger partial charge in [0.15, 0.2) is 0 Å². The van der Waals surface area contributed by atoms with Crippen LogP contribution >= 0.6 is 0 Å². The van der Waals surface area contributed by atoms with Gasteiger partial charge < -0.3 is 20.3 Å². The standard InChI is InChI=1S/C23H24N4O2/c28-23(25-18-12-15-27(16-13-18)22-11-4-5-14-24-22)26-19-7-6-10-21(17-19)29-20-8-2-1-3-9-20/h1-11,14,17-18H,12-13,15-16H2,(H2,25,26,28). The Morgan fingerprint density at radius 1 is 0.931 bits per heavy atom. The van der Waals surface area contributed by atoms with Gasteiger partial charge in [0, 0.05) is 37.1 Å². The third-order valence-electron chi connectivity index (χ3n) is 4.87. The van der Waals surface area contributed by atoms with Gasteiger partial charge in [0.05, 0.1) is 0 Å². The molecule has 0 radical (unpaired) electrons. The van der Waals surface area contributed by atoms with Crippen molar-refractivity contribution in [1.82, 2.24) is 10.3 Å². The zero-order valence-corrected chi connectivity index (χ0v) is 16.1. The second kappa shape index (κ2) is 9.10. The summed E-state index contributed by atoms with van der Waals surface area (Å²) in [5, 5.41) is 5.97. The first kappa shape index (κ1) is 18.8. The molecule has 0 aliphatic carbocycles. The van der Waals surface area contributed by atoms with Crippen molar-refractivity contribution in [2.45, 2.75) is 18.9 Å². The lowest BCUT2D eigenvalue weighted by molar-refractivity contribution is 0.246. The Balaban J connectivity index is 1.27. The highest BCUT2D eigenvalue weighted by atomic mass is 16.5. The quantitative estimate of drug-likeness (QED) is 0.667. The number of carbonyl (C=O) groups is 1. The molecule has 1 fully saturated rings. The van der Waals surface area contributed by atoms with E-state index in [-0.39, 0.29) is 12.1 Å². The normalized spacial score (nSPS) is 14.3. The number of nitrogens with zero attached hydrogens (tertiary/aromatic N) is 2. The van der Waals surface area contributed by atoms with Crippen molar-refractivity contribution < 1.29 is 9.53 Å². The highest BCUT2D eigenvalue weighted by Crippen LogP contribution is 2.24. The van der Waals surface area contributed by atoms with Crippen LogP contribution in [0.25, 0.3) is 0 Å². The zero-order chi connectivity index (χ0) is 19.9. The van der Waals surface area contributed by atoms with Gasteiger partial charge in [0.2, 0.25) is 0 Å². The average Bonchev–Trinajstić information content (AvgIpc) is 2.76. The molecule has 2 amide bonds. The Morgan fingerprint density at radius 3 is 2.45 bits per heavy atom. The number of pyridine rings is 1. The molecule has 29 heavy (non-hydrogen) atoms. The van der Waals surface area contributed by atoms with Crippen molar-refractivity contribution in [3.8, 4) is 11.5 Å². The third kappa shape index (κ3) is 5.25. The number of hydrogen-bond acceptors (Lipinski definition) is 4. The van der Waals surface area contributed by atoms with E-state index in [0.29, 0.717) is 11.4 Å². The molecule has 3 aromatic rings. The number of amides is 2. The van der Waals surface area contributed by atoms with Crippen LogP contribution in [0, 0.1) is 0 Å². The number of ether oxygens (including phenoxy) is 1. The second-order valence-electron chi connectivity index (χ2n) is 6.99. The number of para-hydroxylation sites is 1. The number of benzene rings is 2. The van der Waals surface area contributed by atoms with Crippen molar-refractivity contribution >= 4 is 17.5 Å². The topological polar surface area (TPSA) is 66.5 Å². The fourth-order valence-corrected chi connectivity index (χ4v) is 3.41. The summed E-state index contributed by atoms with van der Waals surface area (Å²) in [4.78, 5) is 19.1. The summed E-state index contributed by atoms with van der Waals surface area (Å²) in [5.41, 5.74) is 0.696. The van der Waals surface area contributed by atoms with Gasteiger partial charge in [-0.25, -0.2) is 9.78 Å². The molecule has 4 rings (SSSR count). The van der Waals surface area contributed by atoms with Crippen LogP contribution < -0.4 is 20.3 Å². The average molecular weight is 388 g/mol. The van der Waals surface area contributed by atoms with Gasteiger partial charge >= 0.3 is 6.03 Å². The fourth-order valence-electron chi connectivity index (χ4n) is 3.41. The maximum atomic E-state index is 12.4.